The molecule has 0 bridgehead atoms. The van der Waals surface area contributed by atoms with E-state index in [0.717, 1.165) is 64.6 Å². The molecular formula is C102H126O20. The Balaban J connectivity index is 0.000000195. The Morgan fingerprint density at radius 3 is 1.32 bits per heavy atom. The lowest BCUT2D eigenvalue weighted by Gasteiger charge is -2.29. The number of carbonyl (C=O) groups is 4. The van der Waals surface area contributed by atoms with E-state index < -0.39 is 0 Å². The number of epoxide rings is 1. The fourth-order valence-electron chi connectivity index (χ4n) is 16.4. The Labute approximate surface area is 718 Å². The molecule has 1 saturated heterocycles. The van der Waals surface area contributed by atoms with Crippen molar-refractivity contribution in [1.82, 2.24) is 0 Å². The Bertz CT molecular complexity index is 4930. The molecule has 5 unspecified atom stereocenters. The number of hydrogen-bond acceptors (Lipinski definition) is 20. The minimum atomic E-state index is -0.387. The van der Waals surface area contributed by atoms with E-state index in [1.54, 1.807) is 65.0 Å². The standard InChI is InChI=1S/C33H40O3.C22H18O2.C21H20O5.C13H22O5.C12H22O5.CH4/c1-21-16-31(35)29(23-10-5-3-6-11-23)19-27(21)33(25-14-9-15-26(34)18-25)28-20-30(32(36)17-22(28)2)24-12-7-4-8-13-24;1-14-21(23)11-10-17(22(14)24)13-20-18-8-4-2-6-15(18)12-16-7-3-5-9-19(16)20;1-12-6-15(8-13-2-4-17(22)10-19(13)24)21(26)16(7-12)9-14-3-5-18(23)11-20(14)25;1-4-10(13(15)16-5-2)6-9(3)12(14)18-8-11-7-17-11;1-4-10(12(15)16-5-2)8-9(3)11(14)17-7-6-13;/h9,14-20,23-24,33-36H,3-8,10-13H2,1-2H3;2-12,23-24H,13H2,1H3;2-7,10-11,22-26H,8-9H2,1H3;9-11H,4-8H2,1-3H3;9-10,13H,4-8H2,1-3H3;1H4. The van der Waals surface area contributed by atoms with Crippen molar-refractivity contribution in [3.8, 4) is 57.5 Å². The van der Waals surface area contributed by atoms with E-state index >= 15 is 0 Å². The van der Waals surface area contributed by atoms with E-state index in [9.17, 15) is 70.2 Å². The Morgan fingerprint density at radius 1 is 0.434 bits per heavy atom. The number of phenols is 10. The maximum atomic E-state index is 11.7. The van der Waals surface area contributed by atoms with Crippen LogP contribution in [0, 0.1) is 51.4 Å². The van der Waals surface area contributed by atoms with Gasteiger partial charge in [-0.2, -0.15) is 0 Å². The maximum absolute atomic E-state index is 11.7. The predicted molar refractivity (Wildman–Crippen MR) is 477 cm³/mol. The fraction of sp³-hybridized carbons (Fsp3) is 0.412. The van der Waals surface area contributed by atoms with Crippen molar-refractivity contribution < 1.29 is 99.0 Å². The minimum Gasteiger partial charge on any atom is -0.508 e. The van der Waals surface area contributed by atoms with Crippen molar-refractivity contribution in [3.05, 3.63) is 247 Å². The summed E-state index contributed by atoms with van der Waals surface area (Å²) in [6.45, 7) is 20.1. The molecule has 1 aliphatic heterocycles. The lowest BCUT2D eigenvalue weighted by Crippen LogP contribution is -2.24. The topological polar surface area (TPSA) is 340 Å². The van der Waals surface area contributed by atoms with E-state index in [2.05, 4.69) is 62.4 Å². The predicted octanol–water partition coefficient (Wildman–Crippen LogP) is 21.0. The van der Waals surface area contributed by atoms with Crippen LogP contribution in [0.3, 0.4) is 0 Å². The zero-order chi connectivity index (χ0) is 87.6. The summed E-state index contributed by atoms with van der Waals surface area (Å²) in [5, 5.41) is 115. The van der Waals surface area contributed by atoms with E-state index in [1.165, 1.54) is 101 Å². The first-order valence-corrected chi connectivity index (χ1v) is 42.6. The average molecular weight is 1670 g/mol. The number of hydrogen-bond donors (Lipinski definition) is 11. The van der Waals surface area contributed by atoms with Crippen LogP contribution in [0.25, 0.3) is 21.5 Å². The van der Waals surface area contributed by atoms with Gasteiger partial charge >= 0.3 is 23.9 Å². The highest BCUT2D eigenvalue weighted by Crippen LogP contribution is 2.47. The normalized spacial score (nSPS) is 14.7. The van der Waals surface area contributed by atoms with Gasteiger partial charge in [0.1, 0.15) is 76.8 Å². The SMILES string of the molecule is C.CCOC(=O)C(CC)CC(C)C(=O)OCC1CO1.CCOC(=O)C(CC)CC(C)C(=O)OCCO.Cc1c(O)ccc(Cc2c3ccccc3cc3ccccc23)c1O.Cc1cc(Cc2ccc(O)cc2O)c(O)c(Cc2ccc(O)cc2O)c1.Cc1cc(O)c(C2CCCCC2)cc1C(c1cccc(O)c1)c1cc(C2CCCCC2)c(O)cc1C. The van der Waals surface area contributed by atoms with Crippen molar-refractivity contribution in [1.29, 1.82) is 0 Å². The molecule has 10 aromatic rings. The van der Waals surface area contributed by atoms with Gasteiger partial charge in [-0.05, 0) is 247 Å². The van der Waals surface area contributed by atoms with Crippen LogP contribution in [0.1, 0.15) is 240 Å². The molecule has 3 aliphatic rings. The number of carbonyl (C=O) groups excluding carboxylic acids is 4. The van der Waals surface area contributed by atoms with Gasteiger partial charge in [0.15, 0.2) is 0 Å². The van der Waals surface area contributed by atoms with Crippen LogP contribution in [-0.2, 0) is 62.1 Å². The highest BCUT2D eigenvalue weighted by Gasteiger charge is 2.32. The van der Waals surface area contributed by atoms with Gasteiger partial charge in [-0.3, -0.25) is 19.2 Å². The third kappa shape index (κ3) is 26.5. The van der Waals surface area contributed by atoms with Crippen molar-refractivity contribution in [2.45, 2.75) is 210 Å². The summed E-state index contributed by atoms with van der Waals surface area (Å²) in [6, 6.07) is 50.6. The first kappa shape index (κ1) is 96.0. The Morgan fingerprint density at radius 2 is 0.885 bits per heavy atom. The smallest absolute Gasteiger partial charge is 0.308 e. The summed E-state index contributed by atoms with van der Waals surface area (Å²) in [5.74, 6) is -0.300. The maximum Gasteiger partial charge on any atom is 0.308 e. The third-order valence-corrected chi connectivity index (χ3v) is 23.2. The highest BCUT2D eigenvalue weighted by atomic mass is 16.6. The first-order chi connectivity index (χ1) is 58.0. The number of aromatic hydroxyl groups is 10. The molecule has 0 amide bonds. The molecule has 5 atom stereocenters. The molecule has 20 heteroatoms. The molecule has 10 aromatic carbocycles. The number of rotatable bonds is 27. The molecule has 3 fully saturated rings. The van der Waals surface area contributed by atoms with Crippen LogP contribution in [0.15, 0.2) is 164 Å². The highest BCUT2D eigenvalue weighted by molar-refractivity contribution is 6.02. The molecule has 2 aliphatic carbocycles. The second-order valence-electron chi connectivity index (χ2n) is 32.3. The van der Waals surface area contributed by atoms with Crippen molar-refractivity contribution in [3.63, 3.8) is 0 Å². The van der Waals surface area contributed by atoms with Gasteiger partial charge in [-0.15, -0.1) is 0 Å². The zero-order valence-corrected chi connectivity index (χ0v) is 71.6. The lowest BCUT2D eigenvalue weighted by molar-refractivity contribution is -0.154. The quantitative estimate of drug-likeness (QED) is 0.00749. The monoisotopic (exact) mass is 1670 g/mol. The van der Waals surface area contributed by atoms with E-state index in [4.69, 9.17) is 28.8 Å². The lowest BCUT2D eigenvalue weighted by atomic mass is 9.76. The minimum absolute atomic E-state index is 0. The van der Waals surface area contributed by atoms with Gasteiger partial charge in [0.2, 0.25) is 0 Å². The number of ether oxygens (including phenoxy) is 5. The fourth-order valence-corrected chi connectivity index (χ4v) is 16.4. The Hall–Kier alpha value is -11.5. The van der Waals surface area contributed by atoms with Gasteiger partial charge in [-0.25, -0.2) is 0 Å². The van der Waals surface area contributed by atoms with Crippen LogP contribution in [0.2, 0.25) is 0 Å². The third-order valence-electron chi connectivity index (χ3n) is 23.2. The summed E-state index contributed by atoms with van der Waals surface area (Å²) >= 11 is 0. The summed E-state index contributed by atoms with van der Waals surface area (Å²) in [7, 11) is 0. The van der Waals surface area contributed by atoms with Gasteiger partial charge in [-0.1, -0.05) is 182 Å². The second-order valence-corrected chi connectivity index (χ2v) is 32.3. The van der Waals surface area contributed by atoms with Crippen molar-refractivity contribution in [2.75, 3.05) is 39.6 Å². The largest absolute Gasteiger partial charge is 0.508 e. The van der Waals surface area contributed by atoms with Crippen LogP contribution in [-0.4, -0.2) is 126 Å². The van der Waals surface area contributed by atoms with Gasteiger partial charge in [0, 0.05) is 42.9 Å². The van der Waals surface area contributed by atoms with Crippen LogP contribution < -0.4 is 0 Å². The summed E-state index contributed by atoms with van der Waals surface area (Å²) < 4.78 is 24.8. The molecule has 0 radical (unpaired) electrons. The molecule has 0 spiro atoms. The van der Waals surface area contributed by atoms with Gasteiger partial charge in [0.25, 0.3) is 0 Å². The second kappa shape index (κ2) is 46.5. The summed E-state index contributed by atoms with van der Waals surface area (Å²) in [5.41, 5.74) is 13.5. The Kier molecular flexibility index (Phi) is 36.6. The number of aliphatic hydroxyl groups excluding tert-OH is 1. The van der Waals surface area contributed by atoms with Crippen molar-refractivity contribution >= 4 is 45.4 Å². The summed E-state index contributed by atoms with van der Waals surface area (Å²) in [6.07, 6.45) is 15.4. The molecule has 11 N–H and O–H groups in total. The van der Waals surface area contributed by atoms with Crippen LogP contribution in [0.5, 0.6) is 57.5 Å². The van der Waals surface area contributed by atoms with Gasteiger partial charge < -0.3 is 79.9 Å². The number of fused-ring (bicyclic) bond motifs is 2. The van der Waals surface area contributed by atoms with Gasteiger partial charge in [0.05, 0.1) is 50.1 Å². The molecule has 1 heterocycles. The number of aliphatic hydroxyl groups is 1. The average Bonchev–Trinajstić information content (AvgIpc) is 1.53. The first-order valence-electron chi connectivity index (χ1n) is 42.6. The molecule has 20 nitrogen and oxygen atoms in total. The summed E-state index contributed by atoms with van der Waals surface area (Å²) in [4.78, 5) is 46.3. The number of esters is 4. The molecule has 654 valence electrons. The van der Waals surface area contributed by atoms with Crippen LogP contribution in [0.4, 0.5) is 0 Å². The van der Waals surface area contributed by atoms with E-state index in [1.807, 2.05) is 81.4 Å². The van der Waals surface area contributed by atoms with E-state index in [0.29, 0.717) is 123 Å². The molecule has 2 saturated carbocycles. The number of phenolic OH excluding ortho intramolecular Hbond substituents is 10. The zero-order valence-electron chi connectivity index (χ0n) is 71.6. The van der Waals surface area contributed by atoms with Crippen LogP contribution >= 0.6 is 0 Å². The molecule has 0 aromatic heterocycles. The molecule has 122 heavy (non-hydrogen) atoms. The molecular weight excluding hydrogens is 1550 g/mol. The van der Waals surface area contributed by atoms with Crippen molar-refractivity contribution in [2.24, 2.45) is 23.7 Å². The number of benzene rings is 10. The number of aryl methyl sites for hydroxylation is 3. The molecule has 13 rings (SSSR count). The van der Waals surface area contributed by atoms with E-state index in [-0.39, 0.29) is 126 Å².